The first-order valence-corrected chi connectivity index (χ1v) is 3.92. The molecule has 1 nitrogen and oxygen atoms in total. The average Bonchev–Trinajstić information content (AvgIpc) is 1.88. The van der Waals surface area contributed by atoms with E-state index in [2.05, 4.69) is 32.2 Å². The quantitative estimate of drug-likeness (QED) is 0.519. The second-order valence-electron chi connectivity index (χ2n) is 2.22. The normalized spacial score (nSPS) is 9.60. The molecular weight excluding hydrogens is 117 g/mol. The van der Waals surface area contributed by atoms with Crippen molar-refractivity contribution in [3.63, 3.8) is 0 Å². The summed E-state index contributed by atoms with van der Waals surface area (Å²) in [7, 11) is 0. The van der Waals surface area contributed by atoms with Crippen molar-refractivity contribution >= 4 is 18.9 Å². The van der Waals surface area contributed by atoms with Crippen molar-refractivity contribution in [3.05, 3.63) is 6.54 Å². The van der Waals surface area contributed by atoms with Crippen LogP contribution < -0.4 is 0 Å². The molecular formula is C8H19LiN. The fourth-order valence-electron chi connectivity index (χ4n) is 0.924. The van der Waals surface area contributed by atoms with Crippen molar-refractivity contribution in [2.45, 2.75) is 33.6 Å². The molecule has 0 bridgehead atoms. The second-order valence-corrected chi connectivity index (χ2v) is 2.22. The van der Waals surface area contributed by atoms with E-state index in [1.54, 1.807) is 0 Å². The summed E-state index contributed by atoms with van der Waals surface area (Å²) in [5.74, 6) is 0. The molecule has 10 heavy (non-hydrogen) atoms. The fraction of sp³-hybridized carbons (Fsp3) is 0.875. The summed E-state index contributed by atoms with van der Waals surface area (Å²) < 4.78 is 0. The van der Waals surface area contributed by atoms with Gasteiger partial charge >= 0.3 is 18.9 Å². The van der Waals surface area contributed by atoms with Crippen LogP contribution in [0.2, 0.25) is 0 Å². The van der Waals surface area contributed by atoms with Crippen molar-refractivity contribution in [2.75, 3.05) is 13.1 Å². The molecule has 1 radical (unpaired) electrons. The van der Waals surface area contributed by atoms with Gasteiger partial charge < -0.3 is 0 Å². The van der Waals surface area contributed by atoms with Gasteiger partial charge in [-0.25, -0.2) is 0 Å². The summed E-state index contributed by atoms with van der Waals surface area (Å²) in [5, 5.41) is 0. The van der Waals surface area contributed by atoms with Crippen LogP contribution in [0.4, 0.5) is 0 Å². The van der Waals surface area contributed by atoms with Gasteiger partial charge in [0.2, 0.25) is 0 Å². The van der Waals surface area contributed by atoms with Gasteiger partial charge in [0.1, 0.15) is 0 Å². The molecule has 0 aromatic heterocycles. The number of hydrogen-bond donors (Lipinski definition) is 0. The summed E-state index contributed by atoms with van der Waals surface area (Å²) in [4.78, 5) is 2.36. The first kappa shape index (κ1) is 13.2. The van der Waals surface area contributed by atoms with Gasteiger partial charge in [-0.05, 0) is 25.9 Å². The first-order valence-electron chi connectivity index (χ1n) is 3.92. The number of rotatable bonds is 5. The molecule has 0 aromatic rings. The van der Waals surface area contributed by atoms with Crippen LogP contribution in [-0.2, 0) is 0 Å². The van der Waals surface area contributed by atoms with Crippen LogP contribution in [0.15, 0.2) is 0 Å². The summed E-state index contributed by atoms with van der Waals surface area (Å²) in [6, 6.07) is 0. The minimum absolute atomic E-state index is 0. The van der Waals surface area contributed by atoms with E-state index in [1.165, 1.54) is 13.0 Å². The van der Waals surface area contributed by atoms with Crippen LogP contribution in [0.3, 0.4) is 0 Å². The van der Waals surface area contributed by atoms with E-state index >= 15 is 0 Å². The zero-order valence-electron chi connectivity index (χ0n) is 6.85. The van der Waals surface area contributed by atoms with E-state index in [4.69, 9.17) is 0 Å². The average molecular weight is 136 g/mol. The molecule has 0 amide bonds. The molecule has 0 atom stereocenters. The van der Waals surface area contributed by atoms with E-state index in [0.717, 1.165) is 13.0 Å². The molecule has 0 saturated heterocycles. The van der Waals surface area contributed by atoms with Gasteiger partial charge in [-0.2, -0.15) is 0 Å². The van der Waals surface area contributed by atoms with Gasteiger partial charge in [0.15, 0.2) is 0 Å². The molecule has 0 heterocycles. The molecule has 0 N–H and O–H groups in total. The molecule has 0 saturated carbocycles. The van der Waals surface area contributed by atoms with E-state index in [1.807, 2.05) is 0 Å². The molecule has 2 heteroatoms. The molecule has 0 aromatic carbocycles. The Morgan fingerprint density at radius 3 is 2.10 bits per heavy atom. The zero-order chi connectivity index (χ0) is 7.11. The van der Waals surface area contributed by atoms with Crippen molar-refractivity contribution in [2.24, 2.45) is 0 Å². The Bertz CT molecular complexity index is 51.2. The summed E-state index contributed by atoms with van der Waals surface area (Å²) in [6.07, 6.45) is 2.41. The Balaban J connectivity index is 0. The maximum absolute atomic E-state index is 2.36. The van der Waals surface area contributed by atoms with Crippen LogP contribution in [0, 0.1) is 6.54 Å². The van der Waals surface area contributed by atoms with Crippen LogP contribution in [0.1, 0.15) is 33.6 Å². The van der Waals surface area contributed by atoms with Crippen LogP contribution >= 0.6 is 0 Å². The van der Waals surface area contributed by atoms with Gasteiger partial charge in [0.25, 0.3) is 0 Å². The summed E-state index contributed by atoms with van der Waals surface area (Å²) in [5.41, 5.74) is 0. The summed E-state index contributed by atoms with van der Waals surface area (Å²) >= 11 is 0. The Hall–Kier alpha value is 0.557. The van der Waals surface area contributed by atoms with Gasteiger partial charge in [0.05, 0.1) is 0 Å². The van der Waals surface area contributed by atoms with Crippen molar-refractivity contribution in [1.29, 1.82) is 0 Å². The minimum atomic E-state index is 0. The maximum atomic E-state index is 2.36. The molecule has 0 spiro atoms. The van der Waals surface area contributed by atoms with Crippen molar-refractivity contribution in [1.82, 2.24) is 4.90 Å². The molecule has 0 aliphatic heterocycles. The number of nitrogens with zero attached hydrogens (tertiary/aromatic N) is 1. The van der Waals surface area contributed by atoms with E-state index in [9.17, 15) is 0 Å². The Morgan fingerprint density at radius 2 is 1.80 bits per heavy atom. The van der Waals surface area contributed by atoms with Crippen molar-refractivity contribution < 1.29 is 0 Å². The Labute approximate surface area is 77.4 Å². The molecule has 57 valence electrons. The molecule has 0 aliphatic carbocycles. The standard InChI is InChI=1S/C8H18N.Li.H/c1-4-7-9(6-3)8-5-2;;/h7H,4-6,8H2,1-3H3;;. The third-order valence-electron chi connectivity index (χ3n) is 1.36. The van der Waals surface area contributed by atoms with E-state index in [0.29, 0.717) is 0 Å². The topological polar surface area (TPSA) is 3.24 Å². The van der Waals surface area contributed by atoms with Crippen LogP contribution in [0.5, 0.6) is 0 Å². The van der Waals surface area contributed by atoms with Gasteiger partial charge in [0, 0.05) is 6.54 Å². The predicted molar refractivity (Wildman–Crippen MR) is 49.3 cm³/mol. The van der Waals surface area contributed by atoms with Gasteiger partial charge in [-0.3, -0.25) is 4.90 Å². The van der Waals surface area contributed by atoms with Gasteiger partial charge in [-0.1, -0.05) is 20.8 Å². The van der Waals surface area contributed by atoms with Crippen LogP contribution in [-0.4, -0.2) is 36.9 Å². The SMILES string of the molecule is CC[CH]N(CC)CCC.[LiH]. The zero-order valence-corrected chi connectivity index (χ0v) is 6.85. The third kappa shape index (κ3) is 6.67. The van der Waals surface area contributed by atoms with Gasteiger partial charge in [-0.15, -0.1) is 0 Å². The molecule has 0 aliphatic rings. The summed E-state index contributed by atoms with van der Waals surface area (Å²) in [6.45, 7) is 11.2. The monoisotopic (exact) mass is 136 g/mol. The molecule has 0 unspecified atom stereocenters. The van der Waals surface area contributed by atoms with E-state index < -0.39 is 0 Å². The number of hydrogen-bond acceptors (Lipinski definition) is 1. The third-order valence-corrected chi connectivity index (χ3v) is 1.36. The Morgan fingerprint density at radius 1 is 1.20 bits per heavy atom. The fourth-order valence-corrected chi connectivity index (χ4v) is 0.924. The molecule has 0 rings (SSSR count). The molecule has 0 fully saturated rings. The van der Waals surface area contributed by atoms with Crippen LogP contribution in [0.25, 0.3) is 0 Å². The first-order chi connectivity index (χ1) is 4.35. The van der Waals surface area contributed by atoms with E-state index in [-0.39, 0.29) is 18.9 Å². The predicted octanol–water partition coefficient (Wildman–Crippen LogP) is 1.64. The Kier molecular flexibility index (Phi) is 12.6. The van der Waals surface area contributed by atoms with Crippen molar-refractivity contribution in [3.8, 4) is 0 Å². The second kappa shape index (κ2) is 9.56.